The Bertz CT molecular complexity index is 741. The number of rotatable bonds is 5. The monoisotopic (exact) mass is 354 g/mol. The van der Waals surface area contributed by atoms with Gasteiger partial charge >= 0.3 is 5.97 Å². The fourth-order valence-electron chi connectivity index (χ4n) is 3.01. The second kappa shape index (κ2) is 8.42. The van der Waals surface area contributed by atoms with Gasteiger partial charge in [-0.2, -0.15) is 0 Å². The Morgan fingerprint density at radius 3 is 2.35 bits per heavy atom. The molecule has 2 heterocycles. The third-order valence-electron chi connectivity index (χ3n) is 4.57. The number of amides is 1. The van der Waals surface area contributed by atoms with Crippen LogP contribution in [-0.2, 0) is 4.74 Å². The van der Waals surface area contributed by atoms with Crippen LogP contribution in [0.25, 0.3) is 0 Å². The summed E-state index contributed by atoms with van der Waals surface area (Å²) >= 11 is 0. The number of ether oxygens (including phenoxy) is 1. The molecular weight excluding hydrogens is 332 g/mol. The van der Waals surface area contributed by atoms with Crippen LogP contribution in [-0.4, -0.2) is 48.6 Å². The van der Waals surface area contributed by atoms with Gasteiger partial charge in [-0.3, -0.25) is 4.79 Å². The molecule has 1 amide bonds. The van der Waals surface area contributed by atoms with Crippen LogP contribution < -0.4 is 10.2 Å². The summed E-state index contributed by atoms with van der Waals surface area (Å²) in [7, 11) is 1.33. The molecule has 0 spiro atoms. The van der Waals surface area contributed by atoms with Gasteiger partial charge < -0.3 is 15.0 Å². The second-order valence-electron chi connectivity index (χ2n) is 6.26. The van der Waals surface area contributed by atoms with Crippen molar-refractivity contribution in [1.82, 2.24) is 15.3 Å². The minimum Gasteiger partial charge on any atom is -0.465 e. The van der Waals surface area contributed by atoms with Crippen molar-refractivity contribution >= 4 is 17.8 Å². The van der Waals surface area contributed by atoms with Crippen LogP contribution in [0.3, 0.4) is 0 Å². The van der Waals surface area contributed by atoms with Crippen LogP contribution in [0.5, 0.6) is 0 Å². The Morgan fingerprint density at radius 1 is 1.12 bits per heavy atom. The van der Waals surface area contributed by atoms with Crippen molar-refractivity contribution in [3.63, 3.8) is 0 Å². The van der Waals surface area contributed by atoms with E-state index in [0.717, 1.165) is 31.9 Å². The first-order valence-electron chi connectivity index (χ1n) is 8.66. The Kier molecular flexibility index (Phi) is 5.78. The van der Waals surface area contributed by atoms with Gasteiger partial charge in [0.05, 0.1) is 12.7 Å². The summed E-state index contributed by atoms with van der Waals surface area (Å²) in [5.74, 6) is 0.662. The van der Waals surface area contributed by atoms with Crippen LogP contribution in [0.1, 0.15) is 33.6 Å². The zero-order chi connectivity index (χ0) is 18.4. The molecule has 0 atom stereocenters. The number of carbonyl (C=O) groups is 2. The maximum absolute atomic E-state index is 12.3. The van der Waals surface area contributed by atoms with Crippen molar-refractivity contribution in [2.24, 2.45) is 5.92 Å². The minimum absolute atomic E-state index is 0.129. The first kappa shape index (κ1) is 17.8. The molecule has 2 aromatic rings. The maximum atomic E-state index is 12.3. The Hall–Kier alpha value is -2.96. The van der Waals surface area contributed by atoms with Gasteiger partial charge in [-0.15, -0.1) is 0 Å². The van der Waals surface area contributed by atoms with Gasteiger partial charge in [0.1, 0.15) is 0 Å². The molecule has 3 rings (SSSR count). The molecule has 136 valence electrons. The van der Waals surface area contributed by atoms with Gasteiger partial charge in [0.15, 0.2) is 0 Å². The number of nitrogens with one attached hydrogen (secondary N) is 1. The lowest BCUT2D eigenvalue weighted by Gasteiger charge is -2.31. The molecule has 7 heteroatoms. The maximum Gasteiger partial charge on any atom is 0.337 e. The van der Waals surface area contributed by atoms with Crippen molar-refractivity contribution in [1.29, 1.82) is 0 Å². The molecular formula is C19H22N4O3. The smallest absolute Gasteiger partial charge is 0.337 e. The molecule has 1 aliphatic heterocycles. The lowest BCUT2D eigenvalue weighted by atomic mass is 9.97. The van der Waals surface area contributed by atoms with E-state index in [0.29, 0.717) is 23.6 Å². The van der Waals surface area contributed by atoms with E-state index in [1.54, 1.807) is 36.7 Å². The Balaban J connectivity index is 1.46. The highest BCUT2D eigenvalue weighted by Crippen LogP contribution is 2.19. The molecule has 0 bridgehead atoms. The topological polar surface area (TPSA) is 84.4 Å². The summed E-state index contributed by atoms with van der Waals surface area (Å²) < 4.78 is 4.65. The van der Waals surface area contributed by atoms with Gasteiger partial charge in [-0.05, 0) is 49.1 Å². The highest BCUT2D eigenvalue weighted by atomic mass is 16.5. The molecule has 0 radical (unpaired) electrons. The van der Waals surface area contributed by atoms with Crippen molar-refractivity contribution in [2.45, 2.75) is 12.8 Å². The summed E-state index contributed by atoms with van der Waals surface area (Å²) in [6.45, 7) is 2.41. The number of hydrogen-bond acceptors (Lipinski definition) is 6. The number of methoxy groups -OCH3 is 1. The molecule has 0 aliphatic carbocycles. The fourth-order valence-corrected chi connectivity index (χ4v) is 3.01. The van der Waals surface area contributed by atoms with E-state index < -0.39 is 5.97 Å². The first-order valence-corrected chi connectivity index (χ1v) is 8.66. The van der Waals surface area contributed by atoms with E-state index in [9.17, 15) is 9.59 Å². The van der Waals surface area contributed by atoms with E-state index in [1.807, 2.05) is 6.07 Å². The zero-order valence-corrected chi connectivity index (χ0v) is 14.7. The number of esters is 1. The summed E-state index contributed by atoms with van der Waals surface area (Å²) in [6.07, 6.45) is 5.47. The molecule has 1 N–H and O–H groups in total. The van der Waals surface area contributed by atoms with E-state index in [1.165, 1.54) is 7.11 Å². The number of anilines is 1. The summed E-state index contributed by atoms with van der Waals surface area (Å²) in [6, 6.07) is 8.27. The van der Waals surface area contributed by atoms with E-state index in [2.05, 4.69) is 24.9 Å². The zero-order valence-electron chi connectivity index (χ0n) is 14.7. The van der Waals surface area contributed by atoms with Gasteiger partial charge in [0.25, 0.3) is 5.91 Å². The normalized spacial score (nSPS) is 14.7. The van der Waals surface area contributed by atoms with Crippen LogP contribution in [0.4, 0.5) is 5.95 Å². The number of carbonyl (C=O) groups excluding carboxylic acids is 2. The third-order valence-corrected chi connectivity index (χ3v) is 4.57. The minimum atomic E-state index is -0.411. The van der Waals surface area contributed by atoms with Crippen molar-refractivity contribution in [2.75, 3.05) is 31.6 Å². The lowest BCUT2D eigenvalue weighted by Crippen LogP contribution is -2.39. The predicted octanol–water partition coefficient (Wildman–Crippen LogP) is 1.91. The standard InChI is InChI=1S/C19H22N4O3/c1-26-18(25)16-5-3-15(4-6-16)17(24)22-13-14-7-11-23(12-8-14)19-20-9-2-10-21-19/h2-6,9-10,14H,7-8,11-13H2,1H3,(H,22,24). The molecule has 0 unspecified atom stereocenters. The molecule has 1 aliphatic rings. The average Bonchev–Trinajstić information content (AvgIpc) is 2.72. The number of hydrogen-bond donors (Lipinski definition) is 1. The number of aromatic nitrogens is 2. The number of benzene rings is 1. The molecule has 1 aromatic carbocycles. The second-order valence-corrected chi connectivity index (χ2v) is 6.26. The van der Waals surface area contributed by atoms with Gasteiger partial charge in [0, 0.05) is 37.6 Å². The van der Waals surface area contributed by atoms with Gasteiger partial charge in [-0.1, -0.05) is 0 Å². The molecule has 1 aromatic heterocycles. The van der Waals surface area contributed by atoms with Crippen LogP contribution in [0.15, 0.2) is 42.7 Å². The Morgan fingerprint density at radius 2 is 1.73 bits per heavy atom. The third kappa shape index (κ3) is 4.36. The van der Waals surface area contributed by atoms with Crippen molar-refractivity contribution < 1.29 is 14.3 Å². The van der Waals surface area contributed by atoms with Crippen molar-refractivity contribution in [3.05, 3.63) is 53.9 Å². The molecule has 0 saturated carbocycles. The largest absolute Gasteiger partial charge is 0.465 e. The first-order chi connectivity index (χ1) is 12.7. The molecule has 26 heavy (non-hydrogen) atoms. The summed E-state index contributed by atoms with van der Waals surface area (Å²) in [5.41, 5.74) is 0.965. The van der Waals surface area contributed by atoms with Gasteiger partial charge in [-0.25, -0.2) is 14.8 Å². The van der Waals surface area contributed by atoms with E-state index >= 15 is 0 Å². The number of nitrogens with zero attached hydrogens (tertiary/aromatic N) is 3. The summed E-state index contributed by atoms with van der Waals surface area (Å²) in [4.78, 5) is 34.4. The molecule has 1 fully saturated rings. The highest BCUT2D eigenvalue weighted by Gasteiger charge is 2.21. The summed E-state index contributed by atoms with van der Waals surface area (Å²) in [5, 5.41) is 2.98. The quantitative estimate of drug-likeness (QED) is 0.826. The lowest BCUT2D eigenvalue weighted by molar-refractivity contribution is 0.0600. The molecule has 1 saturated heterocycles. The van der Waals surface area contributed by atoms with Crippen LogP contribution in [0.2, 0.25) is 0 Å². The highest BCUT2D eigenvalue weighted by molar-refractivity contribution is 5.96. The van der Waals surface area contributed by atoms with Crippen LogP contribution >= 0.6 is 0 Å². The predicted molar refractivity (Wildman–Crippen MR) is 97.1 cm³/mol. The Labute approximate surface area is 152 Å². The average molecular weight is 354 g/mol. The SMILES string of the molecule is COC(=O)c1ccc(C(=O)NCC2CCN(c3ncccn3)CC2)cc1. The molecule has 7 nitrogen and oxygen atoms in total. The van der Waals surface area contributed by atoms with E-state index in [4.69, 9.17) is 0 Å². The van der Waals surface area contributed by atoms with Crippen LogP contribution in [0, 0.1) is 5.92 Å². The van der Waals surface area contributed by atoms with Crippen molar-refractivity contribution in [3.8, 4) is 0 Å². The fraction of sp³-hybridized carbons (Fsp3) is 0.368. The number of piperidine rings is 1. The van der Waals surface area contributed by atoms with E-state index in [-0.39, 0.29) is 5.91 Å². The van der Waals surface area contributed by atoms with Gasteiger partial charge in [0.2, 0.25) is 5.95 Å².